The average molecular weight is 380 g/mol. The van der Waals surface area contributed by atoms with Gasteiger partial charge in [0.1, 0.15) is 11.6 Å². The molecule has 1 fully saturated rings. The highest BCUT2D eigenvalue weighted by Gasteiger charge is 2.32. The molecule has 2 heterocycles. The van der Waals surface area contributed by atoms with E-state index >= 15 is 0 Å². The molecule has 0 unspecified atom stereocenters. The van der Waals surface area contributed by atoms with Gasteiger partial charge in [-0.25, -0.2) is 4.98 Å². The van der Waals surface area contributed by atoms with Crippen LogP contribution in [0.4, 0.5) is 19.0 Å². The fourth-order valence-corrected chi connectivity index (χ4v) is 2.76. The number of nitrogen functional groups attached to an aromatic ring is 1. The summed E-state index contributed by atoms with van der Waals surface area (Å²) in [5.74, 6) is -0.307. The number of alkyl halides is 3. The molecule has 8 heteroatoms. The summed E-state index contributed by atoms with van der Waals surface area (Å²) >= 11 is 0. The summed E-state index contributed by atoms with van der Waals surface area (Å²) in [7, 11) is 1.58. The van der Waals surface area contributed by atoms with Crippen LogP contribution >= 0.6 is 0 Å². The number of halogens is 3. The molecule has 1 aromatic carbocycles. The predicted octanol–water partition coefficient (Wildman–Crippen LogP) is 3.78. The Morgan fingerprint density at radius 2 is 1.89 bits per heavy atom. The molecule has 0 spiro atoms. The van der Waals surface area contributed by atoms with E-state index in [0.29, 0.717) is 17.3 Å². The smallest absolute Gasteiger partial charge is 0.416 e. The lowest BCUT2D eigenvalue weighted by atomic mass is 10.00. The van der Waals surface area contributed by atoms with Gasteiger partial charge in [0.15, 0.2) is 0 Å². The molecule has 0 aliphatic carbocycles. The van der Waals surface area contributed by atoms with Crippen LogP contribution in [-0.2, 0) is 6.18 Å². The van der Waals surface area contributed by atoms with E-state index in [9.17, 15) is 18.3 Å². The number of aliphatic imine (C=N–C) groups is 1. The number of nitrogens with zero attached hydrogens (tertiary/aromatic N) is 2. The number of aromatic hydroxyl groups is 1. The van der Waals surface area contributed by atoms with E-state index < -0.39 is 17.5 Å². The lowest BCUT2D eigenvalue weighted by Crippen LogP contribution is -2.06. The van der Waals surface area contributed by atoms with Crippen LogP contribution in [0.15, 0.2) is 29.3 Å². The lowest BCUT2D eigenvalue weighted by molar-refractivity contribution is -0.137. The molecule has 1 aromatic heterocycles. The number of pyridine rings is 1. The molecule has 146 valence electrons. The summed E-state index contributed by atoms with van der Waals surface area (Å²) in [5.41, 5.74) is 6.25. The van der Waals surface area contributed by atoms with E-state index in [2.05, 4.69) is 15.3 Å². The Balaban J connectivity index is 0.000000451. The first kappa shape index (κ1) is 20.7. The van der Waals surface area contributed by atoms with Gasteiger partial charge in [-0.15, -0.1) is 0 Å². The Bertz CT molecular complexity index is 784. The summed E-state index contributed by atoms with van der Waals surface area (Å²) < 4.78 is 38.2. The number of phenolic OH excluding ortho intramolecular Hbond substituents is 1. The SMILES string of the molecule is C1CCNC1.CN=Cc1ccc(-c2c(C)cc(C(F)(F)F)cc2O)nc1N. The van der Waals surface area contributed by atoms with Crippen LogP contribution in [0.1, 0.15) is 29.5 Å². The molecule has 4 N–H and O–H groups in total. The van der Waals surface area contributed by atoms with Crippen LogP contribution in [0, 0.1) is 6.92 Å². The monoisotopic (exact) mass is 380 g/mol. The third kappa shape index (κ3) is 5.43. The van der Waals surface area contributed by atoms with Crippen molar-refractivity contribution < 1.29 is 18.3 Å². The average Bonchev–Trinajstić information content (AvgIpc) is 3.15. The van der Waals surface area contributed by atoms with Crippen molar-refractivity contribution in [2.75, 3.05) is 25.9 Å². The van der Waals surface area contributed by atoms with E-state index in [4.69, 9.17) is 5.73 Å². The van der Waals surface area contributed by atoms with Gasteiger partial charge in [-0.05, 0) is 62.7 Å². The summed E-state index contributed by atoms with van der Waals surface area (Å²) in [6.45, 7) is 3.98. The standard InChI is InChI=1S/C15H14F3N3O.C4H9N/c1-8-5-10(15(16,17)18)6-12(22)13(8)11-4-3-9(7-20-2)14(19)21-11;1-2-4-5-3-1/h3-7,22H,1-2H3,(H2,19,21);5H,1-4H2. The minimum atomic E-state index is -4.52. The van der Waals surface area contributed by atoms with Gasteiger partial charge in [0.2, 0.25) is 0 Å². The maximum absolute atomic E-state index is 12.7. The van der Waals surface area contributed by atoms with Gasteiger partial charge in [0.05, 0.1) is 11.3 Å². The van der Waals surface area contributed by atoms with Crippen LogP contribution in [0.25, 0.3) is 11.3 Å². The zero-order valence-corrected chi connectivity index (χ0v) is 15.3. The molecule has 3 rings (SSSR count). The highest BCUT2D eigenvalue weighted by atomic mass is 19.4. The van der Waals surface area contributed by atoms with Crippen molar-refractivity contribution in [2.24, 2.45) is 4.99 Å². The summed E-state index contributed by atoms with van der Waals surface area (Å²) in [6, 6.07) is 4.86. The Labute approximate surface area is 156 Å². The fourth-order valence-electron chi connectivity index (χ4n) is 2.76. The number of hydrogen-bond donors (Lipinski definition) is 3. The van der Waals surface area contributed by atoms with E-state index in [1.807, 2.05) is 0 Å². The van der Waals surface area contributed by atoms with Crippen molar-refractivity contribution in [2.45, 2.75) is 25.9 Å². The Morgan fingerprint density at radius 3 is 2.33 bits per heavy atom. The molecule has 0 saturated carbocycles. The predicted molar refractivity (Wildman–Crippen MR) is 101 cm³/mol. The molecular formula is C19H23F3N4O. The lowest BCUT2D eigenvalue weighted by Gasteiger charge is -2.13. The largest absolute Gasteiger partial charge is 0.507 e. The van der Waals surface area contributed by atoms with Gasteiger partial charge in [0.25, 0.3) is 0 Å². The molecule has 1 aliphatic heterocycles. The Morgan fingerprint density at radius 1 is 1.22 bits per heavy atom. The first-order chi connectivity index (χ1) is 12.7. The number of benzene rings is 1. The molecule has 27 heavy (non-hydrogen) atoms. The van der Waals surface area contributed by atoms with Gasteiger partial charge in [-0.3, -0.25) is 4.99 Å². The second-order valence-electron chi connectivity index (χ2n) is 6.20. The van der Waals surface area contributed by atoms with Crippen LogP contribution in [0.2, 0.25) is 0 Å². The van der Waals surface area contributed by atoms with Crippen molar-refractivity contribution in [1.29, 1.82) is 0 Å². The fraction of sp³-hybridized carbons (Fsp3) is 0.368. The second-order valence-corrected chi connectivity index (χ2v) is 6.20. The van der Waals surface area contributed by atoms with Gasteiger partial charge in [0, 0.05) is 24.4 Å². The third-order valence-electron chi connectivity index (χ3n) is 4.08. The number of rotatable bonds is 2. The molecule has 1 saturated heterocycles. The molecule has 5 nitrogen and oxygen atoms in total. The van der Waals surface area contributed by atoms with E-state index in [1.54, 1.807) is 19.2 Å². The van der Waals surface area contributed by atoms with Crippen molar-refractivity contribution >= 4 is 12.0 Å². The third-order valence-corrected chi connectivity index (χ3v) is 4.08. The number of nitrogens with one attached hydrogen (secondary N) is 1. The topological polar surface area (TPSA) is 83.5 Å². The van der Waals surface area contributed by atoms with Crippen LogP contribution in [-0.4, -0.2) is 36.4 Å². The number of aromatic nitrogens is 1. The van der Waals surface area contributed by atoms with Crippen LogP contribution < -0.4 is 11.1 Å². The molecule has 0 amide bonds. The number of phenols is 1. The zero-order chi connectivity index (χ0) is 20.0. The van der Waals surface area contributed by atoms with Gasteiger partial charge in [-0.2, -0.15) is 13.2 Å². The van der Waals surface area contributed by atoms with Crippen LogP contribution in [0.3, 0.4) is 0 Å². The number of nitrogens with two attached hydrogens (primary N) is 1. The van der Waals surface area contributed by atoms with Crippen molar-refractivity contribution in [3.05, 3.63) is 41.0 Å². The van der Waals surface area contributed by atoms with Gasteiger partial charge < -0.3 is 16.2 Å². The Kier molecular flexibility index (Phi) is 6.79. The van der Waals surface area contributed by atoms with E-state index in [0.717, 1.165) is 6.07 Å². The highest BCUT2D eigenvalue weighted by Crippen LogP contribution is 2.38. The van der Waals surface area contributed by atoms with Crippen molar-refractivity contribution in [3.8, 4) is 17.0 Å². The van der Waals surface area contributed by atoms with Crippen LogP contribution in [0.5, 0.6) is 5.75 Å². The maximum Gasteiger partial charge on any atom is 0.416 e. The minimum absolute atomic E-state index is 0.182. The highest BCUT2D eigenvalue weighted by molar-refractivity contribution is 5.86. The van der Waals surface area contributed by atoms with E-state index in [-0.39, 0.29) is 16.9 Å². The molecule has 0 bridgehead atoms. The van der Waals surface area contributed by atoms with Crippen molar-refractivity contribution in [1.82, 2.24) is 10.3 Å². The van der Waals surface area contributed by atoms with E-state index in [1.165, 1.54) is 39.1 Å². The number of anilines is 1. The molecule has 0 radical (unpaired) electrons. The van der Waals surface area contributed by atoms with Gasteiger partial charge >= 0.3 is 6.18 Å². The normalized spacial score (nSPS) is 14.3. The first-order valence-electron chi connectivity index (χ1n) is 8.54. The summed E-state index contributed by atoms with van der Waals surface area (Å²) in [4.78, 5) is 7.94. The minimum Gasteiger partial charge on any atom is -0.507 e. The Hall–Kier alpha value is -2.61. The quantitative estimate of drug-likeness (QED) is 0.693. The zero-order valence-electron chi connectivity index (χ0n) is 15.3. The molecular weight excluding hydrogens is 357 g/mol. The first-order valence-corrected chi connectivity index (χ1v) is 8.54. The second kappa shape index (κ2) is 8.85. The molecule has 0 atom stereocenters. The summed E-state index contributed by atoms with van der Waals surface area (Å²) in [5, 5.41) is 13.2. The molecule has 2 aromatic rings. The maximum atomic E-state index is 12.7. The summed E-state index contributed by atoms with van der Waals surface area (Å²) in [6.07, 6.45) is -0.222. The van der Waals surface area contributed by atoms with Crippen molar-refractivity contribution in [3.63, 3.8) is 0 Å². The number of hydrogen-bond acceptors (Lipinski definition) is 5. The number of aryl methyl sites for hydroxylation is 1. The van der Waals surface area contributed by atoms with Gasteiger partial charge in [-0.1, -0.05) is 0 Å². The molecule has 1 aliphatic rings.